The van der Waals surface area contributed by atoms with E-state index in [1.165, 1.54) is 0 Å². The number of hydrogen-bond donors (Lipinski definition) is 2. The molecule has 1 aromatic rings. The Hall–Kier alpha value is -1.53. The molecule has 0 radical (unpaired) electrons. The molecule has 0 unspecified atom stereocenters. The van der Waals surface area contributed by atoms with Crippen LogP contribution in [0.1, 0.15) is 26.7 Å². The fraction of sp³-hybridized carbons (Fsp3) is 0.615. The van der Waals surface area contributed by atoms with Gasteiger partial charge in [0.1, 0.15) is 0 Å². The largest absolute Gasteiger partial charge is 0.395 e. The fourth-order valence-electron chi connectivity index (χ4n) is 2.04. The summed E-state index contributed by atoms with van der Waals surface area (Å²) in [5.41, 5.74) is 0. The molecule has 0 atom stereocenters. The van der Waals surface area contributed by atoms with E-state index in [-0.39, 0.29) is 19.1 Å². The molecule has 0 aliphatic carbocycles. The Bertz CT molecular complexity index is 368. The Morgan fingerprint density at radius 3 is 2.53 bits per heavy atom. The van der Waals surface area contributed by atoms with Gasteiger partial charge >= 0.3 is 0 Å². The number of nitrogens with zero attached hydrogens (tertiary/aromatic N) is 3. The predicted octanol–water partition coefficient (Wildman–Crippen LogP) is 0.898. The maximum Gasteiger partial charge on any atom is 0.240 e. The maximum atomic E-state index is 11.9. The second-order valence-electron chi connectivity index (χ2n) is 4.28. The van der Waals surface area contributed by atoms with E-state index in [9.17, 15) is 4.79 Å². The molecule has 19 heavy (non-hydrogen) atoms. The number of rotatable bonds is 8. The summed E-state index contributed by atoms with van der Waals surface area (Å²) in [6.45, 7) is 4.94. The van der Waals surface area contributed by atoms with Gasteiger partial charge in [-0.25, -0.2) is 9.97 Å². The molecule has 0 saturated carbocycles. The summed E-state index contributed by atoms with van der Waals surface area (Å²) in [5.74, 6) is 0.146. The average Bonchev–Trinajstić information content (AvgIpc) is 2.41. The quantitative estimate of drug-likeness (QED) is 0.731. The minimum absolute atomic E-state index is 0.0472. The highest BCUT2D eigenvalue weighted by Crippen LogP contribution is 2.08. The van der Waals surface area contributed by atoms with Crippen LogP contribution in [0, 0.1) is 0 Å². The van der Waals surface area contributed by atoms with E-state index in [0.717, 1.165) is 12.8 Å². The van der Waals surface area contributed by atoms with Crippen LogP contribution in [-0.4, -0.2) is 51.6 Å². The average molecular weight is 266 g/mol. The molecule has 1 aromatic heterocycles. The molecule has 106 valence electrons. The van der Waals surface area contributed by atoms with Gasteiger partial charge in [-0.1, -0.05) is 13.8 Å². The summed E-state index contributed by atoms with van der Waals surface area (Å²) < 4.78 is 0. The molecule has 6 nitrogen and oxygen atoms in total. The number of aliphatic hydroxyl groups excluding tert-OH is 1. The van der Waals surface area contributed by atoms with Gasteiger partial charge in [-0.15, -0.1) is 0 Å². The SMILES string of the molecule is CCC(CC)N(CCO)CC(=O)Nc1ncccn1. The van der Waals surface area contributed by atoms with Crippen molar-refractivity contribution < 1.29 is 9.90 Å². The lowest BCUT2D eigenvalue weighted by Crippen LogP contribution is -2.42. The number of carbonyl (C=O) groups excluding carboxylic acids is 1. The second-order valence-corrected chi connectivity index (χ2v) is 4.28. The first-order valence-electron chi connectivity index (χ1n) is 6.63. The van der Waals surface area contributed by atoms with Gasteiger partial charge in [0, 0.05) is 25.0 Å². The van der Waals surface area contributed by atoms with Gasteiger partial charge in [0.15, 0.2) is 0 Å². The van der Waals surface area contributed by atoms with Crippen LogP contribution in [0.4, 0.5) is 5.95 Å². The van der Waals surface area contributed by atoms with Gasteiger partial charge in [-0.3, -0.25) is 15.0 Å². The molecule has 0 aliphatic rings. The van der Waals surface area contributed by atoms with Crippen molar-refractivity contribution in [3.8, 4) is 0 Å². The van der Waals surface area contributed by atoms with Gasteiger partial charge < -0.3 is 5.11 Å². The summed E-state index contributed by atoms with van der Waals surface area (Å²) in [6, 6.07) is 1.99. The lowest BCUT2D eigenvalue weighted by molar-refractivity contribution is -0.118. The second kappa shape index (κ2) is 8.55. The van der Waals surface area contributed by atoms with Crippen LogP contribution in [0.2, 0.25) is 0 Å². The van der Waals surface area contributed by atoms with E-state index in [4.69, 9.17) is 5.11 Å². The topological polar surface area (TPSA) is 78.4 Å². The molecule has 0 aromatic carbocycles. The van der Waals surface area contributed by atoms with Crippen LogP contribution >= 0.6 is 0 Å². The minimum Gasteiger partial charge on any atom is -0.395 e. The summed E-state index contributed by atoms with van der Waals surface area (Å²) in [4.78, 5) is 21.8. The van der Waals surface area contributed by atoms with Crippen molar-refractivity contribution >= 4 is 11.9 Å². The molecule has 2 N–H and O–H groups in total. The number of amides is 1. The van der Waals surface area contributed by atoms with E-state index >= 15 is 0 Å². The first-order valence-corrected chi connectivity index (χ1v) is 6.63. The third-order valence-electron chi connectivity index (χ3n) is 3.01. The molecule has 0 bridgehead atoms. The van der Waals surface area contributed by atoms with Crippen LogP contribution in [0.5, 0.6) is 0 Å². The summed E-state index contributed by atoms with van der Waals surface area (Å²) in [6.07, 6.45) is 5.06. The molecule has 0 spiro atoms. The molecule has 6 heteroatoms. The highest BCUT2D eigenvalue weighted by molar-refractivity contribution is 5.90. The Morgan fingerprint density at radius 2 is 2.00 bits per heavy atom. The Labute approximate surface area is 113 Å². The summed E-state index contributed by atoms with van der Waals surface area (Å²) in [7, 11) is 0. The third kappa shape index (κ3) is 5.32. The third-order valence-corrected chi connectivity index (χ3v) is 3.01. The zero-order chi connectivity index (χ0) is 14.1. The summed E-state index contributed by atoms with van der Waals surface area (Å²) >= 11 is 0. The number of hydrogen-bond acceptors (Lipinski definition) is 5. The van der Waals surface area contributed by atoms with E-state index in [0.29, 0.717) is 18.5 Å². The van der Waals surface area contributed by atoms with Crippen molar-refractivity contribution in [2.45, 2.75) is 32.7 Å². The zero-order valence-electron chi connectivity index (χ0n) is 11.5. The van der Waals surface area contributed by atoms with Gasteiger partial charge in [0.05, 0.1) is 13.2 Å². The van der Waals surface area contributed by atoms with Crippen molar-refractivity contribution in [3.63, 3.8) is 0 Å². The molecule has 0 aliphatic heterocycles. The molecule has 1 rings (SSSR count). The molecule has 1 heterocycles. The smallest absolute Gasteiger partial charge is 0.240 e. The fourth-order valence-corrected chi connectivity index (χ4v) is 2.04. The normalized spacial score (nSPS) is 11.0. The van der Waals surface area contributed by atoms with Crippen LogP contribution in [0.3, 0.4) is 0 Å². The van der Waals surface area contributed by atoms with Crippen molar-refractivity contribution in [3.05, 3.63) is 18.5 Å². The first-order chi connectivity index (χ1) is 9.21. The lowest BCUT2D eigenvalue weighted by atomic mass is 10.1. The van der Waals surface area contributed by atoms with E-state index in [1.807, 2.05) is 4.90 Å². The zero-order valence-corrected chi connectivity index (χ0v) is 11.5. The van der Waals surface area contributed by atoms with Crippen molar-refractivity contribution in [1.29, 1.82) is 0 Å². The van der Waals surface area contributed by atoms with Crippen molar-refractivity contribution in [1.82, 2.24) is 14.9 Å². The van der Waals surface area contributed by atoms with E-state index < -0.39 is 0 Å². The Balaban J connectivity index is 2.56. The van der Waals surface area contributed by atoms with Crippen LogP contribution in [-0.2, 0) is 4.79 Å². The molecule has 0 fully saturated rings. The molecule has 1 amide bonds. The minimum atomic E-state index is -0.161. The highest BCUT2D eigenvalue weighted by atomic mass is 16.3. The van der Waals surface area contributed by atoms with Crippen molar-refractivity contribution in [2.75, 3.05) is 25.0 Å². The molecule has 0 saturated heterocycles. The monoisotopic (exact) mass is 266 g/mol. The number of anilines is 1. The number of nitrogens with one attached hydrogen (secondary N) is 1. The Kier molecular flexibility index (Phi) is 6.99. The maximum absolute atomic E-state index is 11.9. The van der Waals surface area contributed by atoms with Crippen LogP contribution in [0.15, 0.2) is 18.5 Å². The van der Waals surface area contributed by atoms with E-state index in [1.54, 1.807) is 18.5 Å². The van der Waals surface area contributed by atoms with Gasteiger partial charge in [0.25, 0.3) is 0 Å². The number of aromatic nitrogens is 2. The lowest BCUT2D eigenvalue weighted by Gasteiger charge is -2.28. The molecular formula is C13H22N4O2. The number of carbonyl (C=O) groups is 1. The Morgan fingerprint density at radius 1 is 1.37 bits per heavy atom. The van der Waals surface area contributed by atoms with Crippen LogP contribution < -0.4 is 5.32 Å². The number of aliphatic hydroxyl groups is 1. The van der Waals surface area contributed by atoms with Gasteiger partial charge in [-0.2, -0.15) is 0 Å². The molecular weight excluding hydrogens is 244 g/mol. The standard InChI is InChI=1S/C13H22N4O2/c1-3-11(4-2)17(8-9-18)10-12(19)16-13-14-6-5-7-15-13/h5-7,11,18H,3-4,8-10H2,1-2H3,(H,14,15,16,19). The van der Waals surface area contributed by atoms with Gasteiger partial charge in [-0.05, 0) is 18.9 Å². The van der Waals surface area contributed by atoms with Crippen LogP contribution in [0.25, 0.3) is 0 Å². The highest BCUT2D eigenvalue weighted by Gasteiger charge is 2.18. The van der Waals surface area contributed by atoms with Gasteiger partial charge in [0.2, 0.25) is 11.9 Å². The first kappa shape index (κ1) is 15.5. The van der Waals surface area contributed by atoms with Crippen molar-refractivity contribution in [2.24, 2.45) is 0 Å². The van der Waals surface area contributed by atoms with E-state index in [2.05, 4.69) is 29.1 Å². The predicted molar refractivity (Wildman–Crippen MR) is 73.7 cm³/mol. The summed E-state index contributed by atoms with van der Waals surface area (Å²) in [5, 5.41) is 11.7.